The number of esters is 1. The van der Waals surface area contributed by atoms with Crippen molar-refractivity contribution in [2.75, 3.05) is 51.9 Å². The van der Waals surface area contributed by atoms with Gasteiger partial charge in [-0.2, -0.15) is 0 Å². The monoisotopic (exact) mass is 424 g/mol. The van der Waals surface area contributed by atoms with E-state index < -0.39 is 6.10 Å². The number of carbonyl (C=O) groups excluding carboxylic acids is 1. The summed E-state index contributed by atoms with van der Waals surface area (Å²) in [7, 11) is 0. The number of unbranched alkanes of at least 4 members (excludes halogenated alkanes) is 8. The van der Waals surface area contributed by atoms with Crippen LogP contribution in [0.1, 0.15) is 71.1 Å². The third kappa shape index (κ3) is 14.6. The third-order valence-corrected chi connectivity index (χ3v) is 5.59. The van der Waals surface area contributed by atoms with E-state index in [9.17, 15) is 20.1 Å². The Morgan fingerprint density at radius 1 is 0.929 bits per heavy atom. The van der Waals surface area contributed by atoms with E-state index in [0.717, 1.165) is 12.8 Å². The fraction of sp³-hybridized carbons (Fsp3) is 0.952. The van der Waals surface area contributed by atoms with Gasteiger partial charge in [0.1, 0.15) is 38.9 Å². The summed E-state index contributed by atoms with van der Waals surface area (Å²) in [6, 6.07) is 0. The molecule has 0 aliphatic carbocycles. The summed E-state index contributed by atoms with van der Waals surface area (Å²) >= 11 is 5.70. The maximum atomic E-state index is 11.9. The van der Waals surface area contributed by atoms with Crippen LogP contribution in [0.4, 0.5) is 0 Å². The second kappa shape index (κ2) is 18.6. The highest BCUT2D eigenvalue weighted by Crippen LogP contribution is 2.12. The van der Waals surface area contributed by atoms with Crippen LogP contribution in [0.2, 0.25) is 0 Å². The van der Waals surface area contributed by atoms with Crippen LogP contribution in [0.3, 0.4) is 0 Å². The van der Waals surface area contributed by atoms with Crippen LogP contribution in [-0.2, 0) is 9.53 Å². The molecule has 0 radical (unpaired) electrons. The van der Waals surface area contributed by atoms with Crippen LogP contribution in [0, 0.1) is 0 Å². The zero-order valence-corrected chi connectivity index (χ0v) is 18.5. The molecule has 0 aromatic rings. The number of halogens is 1. The Labute approximate surface area is 176 Å². The van der Waals surface area contributed by atoms with E-state index in [1.807, 2.05) is 0 Å². The van der Waals surface area contributed by atoms with Gasteiger partial charge in [-0.1, -0.05) is 58.3 Å². The number of ether oxygens (including phenoxy) is 1. The Hall–Kier alpha value is -0.400. The van der Waals surface area contributed by atoms with Crippen LogP contribution >= 0.6 is 11.6 Å². The minimum atomic E-state index is -0.725. The van der Waals surface area contributed by atoms with Crippen molar-refractivity contribution in [2.24, 2.45) is 0 Å². The number of alkyl halides is 1. The van der Waals surface area contributed by atoms with E-state index in [0.29, 0.717) is 32.6 Å². The number of nitrogens with zero attached hydrogens (tertiary/aromatic N) is 1. The van der Waals surface area contributed by atoms with Crippen LogP contribution < -0.4 is 0 Å². The number of aliphatic hydroxyl groups excluding tert-OH is 3. The van der Waals surface area contributed by atoms with Crippen molar-refractivity contribution in [3.63, 3.8) is 0 Å². The normalized spacial score (nSPS) is 12.9. The molecule has 0 saturated heterocycles. The van der Waals surface area contributed by atoms with E-state index in [4.69, 9.17) is 16.3 Å². The van der Waals surface area contributed by atoms with Gasteiger partial charge in [0.05, 0.1) is 19.1 Å². The molecular weight excluding hydrogens is 382 g/mol. The third-order valence-electron chi connectivity index (χ3n) is 5.24. The van der Waals surface area contributed by atoms with Gasteiger partial charge in [0.2, 0.25) is 0 Å². The van der Waals surface area contributed by atoms with Gasteiger partial charge in [-0.05, 0) is 6.42 Å². The van der Waals surface area contributed by atoms with E-state index in [2.05, 4.69) is 6.92 Å². The van der Waals surface area contributed by atoms with E-state index >= 15 is 0 Å². The van der Waals surface area contributed by atoms with Gasteiger partial charge in [-0.25, -0.2) is 0 Å². The number of carbonyl (C=O) groups is 1. The molecule has 0 spiro atoms. The van der Waals surface area contributed by atoms with Crippen molar-refractivity contribution in [2.45, 2.75) is 77.2 Å². The average Bonchev–Trinajstić information content (AvgIpc) is 2.67. The highest BCUT2D eigenvalue weighted by Gasteiger charge is 2.29. The first-order chi connectivity index (χ1) is 13.5. The SMILES string of the molecule is CCCCCCCCCCCC(=O)OCC[N+](CCO)(CCO)C[C@H](O)CCl. The Morgan fingerprint density at radius 3 is 1.96 bits per heavy atom. The van der Waals surface area contributed by atoms with Gasteiger partial charge in [-0.3, -0.25) is 4.79 Å². The predicted molar refractivity (Wildman–Crippen MR) is 113 cm³/mol. The predicted octanol–water partition coefficient (Wildman–Crippen LogP) is 2.85. The van der Waals surface area contributed by atoms with E-state index in [1.54, 1.807) is 0 Å². The molecule has 7 heteroatoms. The molecule has 0 saturated carbocycles. The molecule has 1 atom stereocenters. The standard InChI is InChI=1S/C21H43ClNO5/c1-2-3-4-5-6-7-8-9-10-11-21(27)28-17-14-23(12-15-24,13-16-25)19-20(26)18-22/h20,24-26H,2-19H2,1H3/q+1/t20-/m1/s1. The summed E-state index contributed by atoms with van der Waals surface area (Å²) in [6.45, 7) is 3.82. The molecule has 0 amide bonds. The van der Waals surface area contributed by atoms with Crippen molar-refractivity contribution in [3.05, 3.63) is 0 Å². The number of hydrogen-bond donors (Lipinski definition) is 3. The first-order valence-corrected chi connectivity index (χ1v) is 11.5. The van der Waals surface area contributed by atoms with Gasteiger partial charge in [0.25, 0.3) is 0 Å². The number of quaternary nitrogens is 1. The van der Waals surface area contributed by atoms with Crippen molar-refractivity contribution in [3.8, 4) is 0 Å². The van der Waals surface area contributed by atoms with Gasteiger partial charge in [0.15, 0.2) is 0 Å². The second-order valence-electron chi connectivity index (χ2n) is 7.75. The molecule has 0 fully saturated rings. The second-order valence-corrected chi connectivity index (χ2v) is 8.06. The van der Waals surface area contributed by atoms with Crippen LogP contribution in [0.25, 0.3) is 0 Å². The highest BCUT2D eigenvalue weighted by molar-refractivity contribution is 6.18. The van der Waals surface area contributed by atoms with Crippen LogP contribution in [-0.4, -0.2) is 83.8 Å². The van der Waals surface area contributed by atoms with Gasteiger partial charge in [0, 0.05) is 6.42 Å². The number of rotatable bonds is 20. The number of hydrogen-bond acceptors (Lipinski definition) is 5. The van der Waals surface area contributed by atoms with E-state index in [1.165, 1.54) is 44.9 Å². The Balaban J connectivity index is 4.00. The lowest BCUT2D eigenvalue weighted by Crippen LogP contribution is -2.57. The molecule has 0 unspecified atom stereocenters. The summed E-state index contributed by atoms with van der Waals surface area (Å²) in [5.74, 6) is -0.109. The maximum Gasteiger partial charge on any atom is 0.305 e. The molecule has 168 valence electrons. The van der Waals surface area contributed by atoms with Crippen molar-refractivity contribution >= 4 is 17.6 Å². The topological polar surface area (TPSA) is 87.0 Å². The molecule has 0 aromatic heterocycles. The lowest BCUT2D eigenvalue weighted by Gasteiger charge is -2.38. The molecule has 28 heavy (non-hydrogen) atoms. The lowest BCUT2D eigenvalue weighted by atomic mass is 10.1. The van der Waals surface area contributed by atoms with E-state index in [-0.39, 0.29) is 36.2 Å². The maximum absolute atomic E-state index is 11.9. The molecule has 0 aliphatic heterocycles. The summed E-state index contributed by atoms with van der Waals surface area (Å²) in [4.78, 5) is 11.9. The molecule has 0 aliphatic rings. The van der Waals surface area contributed by atoms with Crippen LogP contribution in [0.5, 0.6) is 0 Å². The molecule has 0 heterocycles. The fourth-order valence-electron chi connectivity index (χ4n) is 3.53. The quantitative estimate of drug-likeness (QED) is 0.121. The molecule has 6 nitrogen and oxygen atoms in total. The average molecular weight is 425 g/mol. The summed E-state index contributed by atoms with van der Waals surface area (Å²) in [6.07, 6.45) is 10.6. The summed E-state index contributed by atoms with van der Waals surface area (Å²) < 4.78 is 5.63. The Morgan fingerprint density at radius 2 is 1.46 bits per heavy atom. The van der Waals surface area contributed by atoms with Gasteiger partial charge in [-0.15, -0.1) is 11.6 Å². The minimum absolute atomic E-state index is 0.0681. The molecule has 3 N–H and O–H groups in total. The largest absolute Gasteiger partial charge is 0.460 e. The summed E-state index contributed by atoms with van der Waals surface area (Å²) in [5, 5.41) is 28.6. The molecule has 0 aromatic carbocycles. The Kier molecular flexibility index (Phi) is 18.4. The number of aliphatic hydroxyl groups is 3. The molecule has 0 bridgehead atoms. The van der Waals surface area contributed by atoms with Crippen molar-refractivity contribution < 1.29 is 29.3 Å². The molecule has 0 rings (SSSR count). The Bertz CT molecular complexity index is 365. The smallest absolute Gasteiger partial charge is 0.305 e. The first kappa shape index (κ1) is 27.6. The van der Waals surface area contributed by atoms with Gasteiger partial charge >= 0.3 is 5.97 Å². The van der Waals surface area contributed by atoms with Crippen LogP contribution in [0.15, 0.2) is 0 Å². The van der Waals surface area contributed by atoms with Gasteiger partial charge < -0.3 is 24.5 Å². The first-order valence-electron chi connectivity index (χ1n) is 11.0. The zero-order valence-electron chi connectivity index (χ0n) is 17.8. The van der Waals surface area contributed by atoms with Crippen molar-refractivity contribution in [1.82, 2.24) is 0 Å². The van der Waals surface area contributed by atoms with Crippen molar-refractivity contribution in [1.29, 1.82) is 0 Å². The minimum Gasteiger partial charge on any atom is -0.460 e. The molecular formula is C21H43ClNO5+. The highest BCUT2D eigenvalue weighted by atomic mass is 35.5. The fourth-order valence-corrected chi connectivity index (χ4v) is 3.63. The lowest BCUT2D eigenvalue weighted by molar-refractivity contribution is -0.931. The summed E-state index contributed by atoms with van der Waals surface area (Å²) in [5.41, 5.74) is 0. The zero-order chi connectivity index (χ0) is 21.1.